The van der Waals surface area contributed by atoms with Gasteiger partial charge >= 0.3 is 0 Å². The molecule has 2 aromatic rings. The monoisotopic (exact) mass is 375 g/mol. The molecule has 0 radical (unpaired) electrons. The van der Waals surface area contributed by atoms with Crippen LogP contribution in [-0.4, -0.2) is 35.2 Å². The average Bonchev–Trinajstić information content (AvgIpc) is 3.18. The minimum absolute atomic E-state index is 0.968. The number of rotatable bonds is 10. The number of pyridine rings is 1. The second-order valence-electron chi connectivity index (χ2n) is 7.86. The van der Waals surface area contributed by atoms with Gasteiger partial charge in [-0.25, -0.2) is 0 Å². The number of aromatic nitrogens is 1. The first-order valence-corrected chi connectivity index (χ1v) is 10.6. The third-order valence-corrected chi connectivity index (χ3v) is 5.55. The van der Waals surface area contributed by atoms with Gasteiger partial charge in [0.05, 0.1) is 5.71 Å². The highest BCUT2D eigenvalue weighted by molar-refractivity contribution is 6.03. The van der Waals surface area contributed by atoms with Crippen LogP contribution in [0.3, 0.4) is 0 Å². The molecule has 0 fully saturated rings. The summed E-state index contributed by atoms with van der Waals surface area (Å²) in [5, 5.41) is 0. The van der Waals surface area contributed by atoms with Gasteiger partial charge in [0, 0.05) is 36.6 Å². The van der Waals surface area contributed by atoms with Gasteiger partial charge in [0.25, 0.3) is 0 Å². The largest absolute Gasteiger partial charge is 0.303 e. The highest BCUT2D eigenvalue weighted by Gasteiger charge is 2.13. The molecule has 1 aliphatic rings. The summed E-state index contributed by atoms with van der Waals surface area (Å²) in [6, 6.07) is 13.1. The van der Waals surface area contributed by atoms with Crippen molar-refractivity contribution in [1.82, 2.24) is 9.88 Å². The number of hydrogen-bond acceptors (Lipinski definition) is 3. The first kappa shape index (κ1) is 20.5. The van der Waals surface area contributed by atoms with Crippen LogP contribution in [0.1, 0.15) is 55.0 Å². The molecule has 0 saturated carbocycles. The maximum absolute atomic E-state index is 4.63. The molecule has 0 spiro atoms. The molecule has 1 aromatic heterocycles. The van der Waals surface area contributed by atoms with E-state index < -0.39 is 0 Å². The smallest absolute Gasteiger partial charge is 0.0532 e. The molecular formula is C25H33N3. The van der Waals surface area contributed by atoms with Crippen molar-refractivity contribution in [2.45, 2.75) is 52.9 Å². The zero-order valence-corrected chi connectivity index (χ0v) is 17.6. The van der Waals surface area contributed by atoms with Gasteiger partial charge in [-0.05, 0) is 75.9 Å². The molecule has 0 amide bonds. The van der Waals surface area contributed by atoms with Crippen LogP contribution in [-0.2, 0) is 6.42 Å². The van der Waals surface area contributed by atoms with Crippen LogP contribution in [0.25, 0.3) is 0 Å². The molecule has 28 heavy (non-hydrogen) atoms. The number of hydrogen-bond donors (Lipinski definition) is 0. The molecule has 148 valence electrons. The summed E-state index contributed by atoms with van der Waals surface area (Å²) in [4.78, 5) is 11.6. The molecule has 1 aromatic carbocycles. The van der Waals surface area contributed by atoms with Gasteiger partial charge in [-0.15, -0.1) is 0 Å². The normalized spacial score (nSPS) is 13.7. The van der Waals surface area contributed by atoms with Crippen LogP contribution < -0.4 is 0 Å². The predicted molar refractivity (Wildman–Crippen MR) is 119 cm³/mol. The van der Waals surface area contributed by atoms with E-state index in [-0.39, 0.29) is 0 Å². The van der Waals surface area contributed by atoms with Gasteiger partial charge in [0.2, 0.25) is 0 Å². The van der Waals surface area contributed by atoms with Crippen molar-refractivity contribution >= 4 is 5.71 Å². The van der Waals surface area contributed by atoms with Crippen molar-refractivity contribution in [3.05, 3.63) is 76.8 Å². The first-order valence-electron chi connectivity index (χ1n) is 10.6. The minimum Gasteiger partial charge on any atom is -0.303 e. The van der Waals surface area contributed by atoms with E-state index in [2.05, 4.69) is 71.3 Å². The van der Waals surface area contributed by atoms with Crippen LogP contribution in [0.15, 0.2) is 59.4 Å². The first-order chi connectivity index (χ1) is 13.6. The topological polar surface area (TPSA) is 28.5 Å². The van der Waals surface area contributed by atoms with Crippen LogP contribution in [0.2, 0.25) is 0 Å². The third-order valence-electron chi connectivity index (χ3n) is 5.55. The Kier molecular flexibility index (Phi) is 7.55. The molecule has 0 unspecified atom stereocenters. The lowest BCUT2D eigenvalue weighted by Crippen LogP contribution is -2.26. The van der Waals surface area contributed by atoms with Crippen molar-refractivity contribution in [3.8, 4) is 0 Å². The maximum Gasteiger partial charge on any atom is 0.0532 e. The highest BCUT2D eigenvalue weighted by atomic mass is 15.1. The summed E-state index contributed by atoms with van der Waals surface area (Å²) >= 11 is 0. The summed E-state index contributed by atoms with van der Waals surface area (Å²) in [5.41, 5.74) is 7.60. The predicted octanol–water partition coefficient (Wildman–Crippen LogP) is 5.51. The molecule has 1 aliphatic heterocycles. The Bertz CT molecular complexity index is 801. The molecule has 0 saturated heterocycles. The second kappa shape index (κ2) is 10.3. The minimum atomic E-state index is 0.968. The van der Waals surface area contributed by atoms with Gasteiger partial charge in [-0.2, -0.15) is 0 Å². The van der Waals surface area contributed by atoms with Crippen LogP contribution in [0, 0.1) is 13.8 Å². The van der Waals surface area contributed by atoms with Crippen molar-refractivity contribution in [1.29, 1.82) is 0 Å². The van der Waals surface area contributed by atoms with E-state index >= 15 is 0 Å². The van der Waals surface area contributed by atoms with E-state index in [1.807, 2.05) is 13.1 Å². The fourth-order valence-electron chi connectivity index (χ4n) is 3.59. The van der Waals surface area contributed by atoms with Crippen LogP contribution in [0.5, 0.6) is 0 Å². The Balaban J connectivity index is 1.35. The molecule has 0 bridgehead atoms. The van der Waals surface area contributed by atoms with E-state index in [4.69, 9.17) is 0 Å². The maximum atomic E-state index is 4.63. The van der Waals surface area contributed by atoms with Gasteiger partial charge in [0.1, 0.15) is 0 Å². The Morgan fingerprint density at radius 3 is 2.46 bits per heavy atom. The summed E-state index contributed by atoms with van der Waals surface area (Å²) in [6.45, 7) is 9.86. The SMILES string of the molecule is CCN(CCCCc1ccc(C)cc1)CCC1=CN=C(c2ccc(C)nc2)C1. The average molecular weight is 376 g/mol. The molecule has 3 heteroatoms. The van der Waals surface area contributed by atoms with E-state index in [1.165, 1.54) is 42.5 Å². The molecular weight excluding hydrogens is 342 g/mol. The van der Waals surface area contributed by atoms with Crippen LogP contribution >= 0.6 is 0 Å². The molecule has 0 aliphatic carbocycles. The standard InChI is InChI=1S/C25H33N3/c1-4-28(15-6-5-7-22-11-8-20(2)9-12-22)16-14-23-17-25(27-18-23)24-13-10-21(3)26-19-24/h8-13,18-19H,4-7,14-17H2,1-3H3. The zero-order valence-electron chi connectivity index (χ0n) is 17.6. The molecule has 3 nitrogen and oxygen atoms in total. The number of nitrogens with zero attached hydrogens (tertiary/aromatic N) is 3. The van der Waals surface area contributed by atoms with Gasteiger partial charge in [-0.1, -0.05) is 36.8 Å². The van der Waals surface area contributed by atoms with Crippen molar-refractivity contribution in [3.63, 3.8) is 0 Å². The molecule has 0 N–H and O–H groups in total. The fourth-order valence-corrected chi connectivity index (χ4v) is 3.59. The van der Waals surface area contributed by atoms with E-state index in [0.717, 1.165) is 42.9 Å². The fraction of sp³-hybridized carbons (Fsp3) is 0.440. The molecule has 2 heterocycles. The van der Waals surface area contributed by atoms with Gasteiger partial charge in [0.15, 0.2) is 0 Å². The Hall–Kier alpha value is -2.26. The summed E-state index contributed by atoms with van der Waals surface area (Å²) < 4.78 is 0. The van der Waals surface area contributed by atoms with Gasteiger partial charge in [-0.3, -0.25) is 9.98 Å². The second-order valence-corrected chi connectivity index (χ2v) is 7.86. The zero-order chi connectivity index (χ0) is 19.8. The van der Waals surface area contributed by atoms with Crippen molar-refractivity contribution in [2.75, 3.05) is 19.6 Å². The third kappa shape index (κ3) is 6.13. The summed E-state index contributed by atoms with van der Waals surface area (Å²) in [5.74, 6) is 0. The number of aryl methyl sites for hydroxylation is 3. The quantitative estimate of drug-likeness (QED) is 0.512. The van der Waals surface area contributed by atoms with E-state index in [0.29, 0.717) is 0 Å². The molecule has 3 rings (SSSR count). The lowest BCUT2D eigenvalue weighted by atomic mass is 10.0. The van der Waals surface area contributed by atoms with Crippen molar-refractivity contribution in [2.24, 2.45) is 4.99 Å². The highest BCUT2D eigenvalue weighted by Crippen LogP contribution is 2.20. The molecule has 0 atom stereocenters. The number of benzene rings is 1. The van der Waals surface area contributed by atoms with Crippen LogP contribution in [0.4, 0.5) is 0 Å². The Morgan fingerprint density at radius 2 is 1.75 bits per heavy atom. The Labute approximate surface area is 170 Å². The summed E-state index contributed by atoms with van der Waals surface area (Å²) in [7, 11) is 0. The lowest BCUT2D eigenvalue weighted by Gasteiger charge is -2.20. The van der Waals surface area contributed by atoms with Crippen molar-refractivity contribution < 1.29 is 0 Å². The number of aliphatic imine (C=N–C) groups is 1. The number of unbranched alkanes of at least 4 members (excludes halogenated alkanes) is 1. The van der Waals surface area contributed by atoms with Gasteiger partial charge < -0.3 is 4.90 Å². The summed E-state index contributed by atoms with van der Waals surface area (Å²) in [6.07, 6.45) is 9.80. The van der Waals surface area contributed by atoms with E-state index in [1.54, 1.807) is 0 Å². The Morgan fingerprint density at radius 1 is 0.929 bits per heavy atom. The van der Waals surface area contributed by atoms with E-state index in [9.17, 15) is 0 Å². The lowest BCUT2D eigenvalue weighted by molar-refractivity contribution is 0.285.